The third-order valence-electron chi connectivity index (χ3n) is 15.6. The second-order valence-electron chi connectivity index (χ2n) is 24.5. The molecular weight excluding hydrogens is 838 g/mol. The maximum absolute atomic E-state index is 7.35. The van der Waals surface area contributed by atoms with Crippen molar-refractivity contribution in [3.8, 4) is 39.7 Å². The average Bonchev–Trinajstić information content (AvgIpc) is 3.69. The number of hydrogen-bond acceptors (Lipinski definition) is 3. The Balaban J connectivity index is 1.28. The second kappa shape index (κ2) is 15.3. The molecule has 0 saturated heterocycles. The summed E-state index contributed by atoms with van der Waals surface area (Å²) < 4.78 is 9.85. The first-order chi connectivity index (χ1) is 32.5. The molecule has 0 amide bonds. The normalized spacial score (nSPS) is 14.7. The van der Waals surface area contributed by atoms with Crippen LogP contribution in [0.1, 0.15) is 155 Å². The van der Waals surface area contributed by atoms with E-state index < -0.39 is 0 Å². The van der Waals surface area contributed by atoms with Crippen LogP contribution in [0, 0.1) is 0 Å². The van der Waals surface area contributed by atoms with Crippen molar-refractivity contribution >= 4 is 51.2 Å². The van der Waals surface area contributed by atoms with E-state index >= 15 is 0 Å². The Kier molecular flexibility index (Phi) is 10.0. The minimum absolute atomic E-state index is 0.0119. The lowest BCUT2D eigenvalue weighted by Crippen LogP contribution is -2.61. The number of imidazole rings is 1. The summed E-state index contributed by atoms with van der Waals surface area (Å²) in [5.74, 6) is 3.37. The Morgan fingerprint density at radius 1 is 0.536 bits per heavy atom. The molecule has 8 aromatic rings. The van der Waals surface area contributed by atoms with Crippen molar-refractivity contribution in [2.24, 2.45) is 0 Å². The van der Waals surface area contributed by atoms with Crippen LogP contribution in [-0.2, 0) is 21.7 Å². The molecule has 3 aliphatic rings. The van der Waals surface area contributed by atoms with Crippen molar-refractivity contribution in [1.29, 1.82) is 0 Å². The smallest absolute Gasteiger partial charge is 0.256 e. The third-order valence-corrected chi connectivity index (χ3v) is 15.6. The fourth-order valence-corrected chi connectivity index (χ4v) is 11.6. The number of aromatic nitrogens is 2. The molecule has 3 aliphatic heterocycles. The van der Waals surface area contributed by atoms with Gasteiger partial charge in [-0.3, -0.25) is 4.57 Å². The number of benzene rings is 7. The van der Waals surface area contributed by atoms with E-state index in [1.54, 1.807) is 0 Å². The fourth-order valence-electron chi connectivity index (χ4n) is 11.6. The van der Waals surface area contributed by atoms with Gasteiger partial charge in [0.15, 0.2) is 0 Å². The lowest BCUT2D eigenvalue weighted by atomic mass is 9.33. The number of para-hydroxylation sites is 2. The van der Waals surface area contributed by atoms with Crippen LogP contribution in [0.5, 0.6) is 11.5 Å². The number of rotatable bonds is 5. The second-order valence-corrected chi connectivity index (χ2v) is 24.5. The van der Waals surface area contributed by atoms with Crippen LogP contribution in [0.25, 0.3) is 39.2 Å². The van der Waals surface area contributed by atoms with E-state index in [0.717, 1.165) is 45.0 Å². The van der Waals surface area contributed by atoms with Crippen LogP contribution in [0.3, 0.4) is 0 Å². The maximum Gasteiger partial charge on any atom is 0.256 e. The molecule has 0 spiro atoms. The van der Waals surface area contributed by atoms with Crippen LogP contribution < -0.4 is 26.0 Å². The van der Waals surface area contributed by atoms with Crippen LogP contribution >= 0.6 is 0 Å². The molecular formula is C64H68BN3O. The number of fused-ring (bicyclic) bond motifs is 7. The van der Waals surface area contributed by atoms with Crippen LogP contribution in [0.2, 0.25) is 0 Å². The highest BCUT2D eigenvalue weighted by Crippen LogP contribution is 2.56. The van der Waals surface area contributed by atoms with Gasteiger partial charge < -0.3 is 9.64 Å². The largest absolute Gasteiger partial charge is 0.458 e. The molecule has 1 aromatic heterocycles. The maximum atomic E-state index is 7.35. The van der Waals surface area contributed by atoms with Gasteiger partial charge in [0.2, 0.25) is 0 Å². The third kappa shape index (κ3) is 6.96. The lowest BCUT2D eigenvalue weighted by molar-refractivity contribution is 0.486. The topological polar surface area (TPSA) is 30.3 Å². The Bertz CT molecular complexity index is 3380. The molecule has 0 N–H and O–H groups in total. The first-order valence-corrected chi connectivity index (χ1v) is 25.4. The highest BCUT2D eigenvalue weighted by Gasteiger charge is 2.49. The molecule has 0 atom stereocenters. The zero-order valence-electron chi connectivity index (χ0n) is 43.6. The van der Waals surface area contributed by atoms with Crippen LogP contribution in [0.4, 0.5) is 17.1 Å². The molecule has 348 valence electrons. The molecule has 4 heterocycles. The zero-order valence-corrected chi connectivity index (χ0v) is 43.6. The van der Waals surface area contributed by atoms with Gasteiger partial charge in [-0.25, -0.2) is 4.98 Å². The monoisotopic (exact) mass is 906 g/mol. The van der Waals surface area contributed by atoms with E-state index in [0.29, 0.717) is 11.8 Å². The fraction of sp³-hybridized carbons (Fsp3) is 0.328. The van der Waals surface area contributed by atoms with E-state index in [4.69, 9.17) is 9.72 Å². The first-order valence-electron chi connectivity index (χ1n) is 25.4. The van der Waals surface area contributed by atoms with Gasteiger partial charge in [0.05, 0.1) is 22.4 Å². The summed E-state index contributed by atoms with van der Waals surface area (Å²) in [6, 6.07) is 48.5. The van der Waals surface area contributed by atoms with E-state index in [2.05, 4.69) is 241 Å². The molecule has 0 saturated carbocycles. The molecule has 0 unspecified atom stereocenters. The van der Waals surface area contributed by atoms with E-state index in [1.807, 2.05) is 0 Å². The van der Waals surface area contributed by atoms with Gasteiger partial charge in [0.1, 0.15) is 17.3 Å². The summed E-state index contributed by atoms with van der Waals surface area (Å²) in [5.41, 5.74) is 23.1. The van der Waals surface area contributed by atoms with Crippen molar-refractivity contribution in [1.82, 2.24) is 9.55 Å². The zero-order chi connectivity index (χ0) is 48.9. The van der Waals surface area contributed by atoms with Crippen molar-refractivity contribution < 1.29 is 4.74 Å². The van der Waals surface area contributed by atoms with Crippen molar-refractivity contribution in [3.63, 3.8) is 0 Å². The highest BCUT2D eigenvalue weighted by molar-refractivity contribution is 6.99. The molecule has 69 heavy (non-hydrogen) atoms. The van der Waals surface area contributed by atoms with Gasteiger partial charge in [-0.1, -0.05) is 201 Å². The van der Waals surface area contributed by atoms with Gasteiger partial charge in [-0.15, -0.1) is 0 Å². The number of hydrogen-bond donors (Lipinski definition) is 0. The molecule has 0 fully saturated rings. The van der Waals surface area contributed by atoms with Crippen molar-refractivity contribution in [3.05, 3.63) is 166 Å². The Morgan fingerprint density at radius 2 is 1.14 bits per heavy atom. The van der Waals surface area contributed by atoms with Crippen molar-refractivity contribution in [2.75, 3.05) is 4.90 Å². The summed E-state index contributed by atoms with van der Waals surface area (Å²) in [6.45, 7) is 35.2. The summed E-state index contributed by atoms with van der Waals surface area (Å²) >= 11 is 0. The minimum atomic E-state index is -0.276. The standard InChI is InChI=1S/C64H68BN3O/c1-37(2)44-23-19-24-45(38(3)4)57(44)68-58-46(25-20-26-51(58)66-60(68)39-21-17-16-18-22-39)40-31-53-56-55(32-40)69-54-30-28-42(62(8,9)10)35-49(54)65(56)50-36-43(63(11,12)13)34-48-59(50)67(53)52-29-27-41(61(5,6)7)33-47(52)64(48,14)15/h16-38H,1-15H3. The minimum Gasteiger partial charge on any atom is -0.458 e. The predicted molar refractivity (Wildman–Crippen MR) is 294 cm³/mol. The Morgan fingerprint density at radius 3 is 1.80 bits per heavy atom. The predicted octanol–water partition coefficient (Wildman–Crippen LogP) is 15.5. The average molecular weight is 906 g/mol. The molecule has 5 heteroatoms. The van der Waals surface area contributed by atoms with Gasteiger partial charge >= 0.3 is 0 Å². The molecule has 7 aromatic carbocycles. The molecule has 0 aliphatic carbocycles. The highest BCUT2D eigenvalue weighted by atomic mass is 16.5. The van der Waals surface area contributed by atoms with Crippen molar-refractivity contribution in [2.45, 2.75) is 137 Å². The summed E-state index contributed by atoms with van der Waals surface area (Å²) in [5, 5.41) is 0. The van der Waals surface area contributed by atoms with E-state index in [1.165, 1.54) is 78.1 Å². The quantitative estimate of drug-likeness (QED) is 0.161. The lowest BCUT2D eigenvalue weighted by Gasteiger charge is -2.49. The summed E-state index contributed by atoms with van der Waals surface area (Å²) in [7, 11) is 0. The number of nitrogens with zero attached hydrogens (tertiary/aromatic N) is 3. The number of anilines is 3. The molecule has 0 radical (unpaired) electrons. The first kappa shape index (κ1) is 45.1. The van der Waals surface area contributed by atoms with Gasteiger partial charge in [0.25, 0.3) is 6.71 Å². The molecule has 11 rings (SSSR count). The Hall–Kier alpha value is -6.33. The molecule has 0 bridgehead atoms. The number of ether oxygens (including phenoxy) is 1. The van der Waals surface area contributed by atoms with Crippen LogP contribution in [0.15, 0.2) is 127 Å². The molecule has 4 nitrogen and oxygen atoms in total. The SMILES string of the molecule is CC(C)c1cccc(C(C)C)c1-n1c(-c2ccccc2)nc2cccc(-c3cc4c5c(c3)N3c6ccc(C(C)(C)C)cc6C(C)(C)c6cc(C(C)(C)C)cc(c63)B5c3cc(C(C)(C)C)ccc3O4)c21. The van der Waals surface area contributed by atoms with Crippen LogP contribution in [-0.4, -0.2) is 16.3 Å². The summed E-state index contributed by atoms with van der Waals surface area (Å²) in [4.78, 5) is 8.19. The van der Waals surface area contributed by atoms with E-state index in [-0.39, 0.29) is 28.4 Å². The van der Waals surface area contributed by atoms with E-state index in [9.17, 15) is 0 Å². The van der Waals surface area contributed by atoms with Gasteiger partial charge in [0, 0.05) is 27.9 Å². The van der Waals surface area contributed by atoms with Gasteiger partial charge in [-0.05, 0) is 119 Å². The van der Waals surface area contributed by atoms with Gasteiger partial charge in [-0.2, -0.15) is 0 Å². The Labute approximate surface area is 411 Å². The summed E-state index contributed by atoms with van der Waals surface area (Å²) in [6.07, 6.45) is 0.